The Hall–Kier alpha value is -1.57. The van der Waals surface area contributed by atoms with Gasteiger partial charge >= 0.3 is 0 Å². The Bertz CT molecular complexity index is 437. The van der Waals surface area contributed by atoms with Crippen molar-refractivity contribution >= 4 is 11.5 Å². The molecule has 1 aliphatic carbocycles. The molecule has 2 rings (SSSR count). The smallest absolute Gasteiger partial charge is 0.253 e. The molecule has 1 saturated carbocycles. The zero-order chi connectivity index (χ0) is 13.0. The molecule has 1 fully saturated rings. The van der Waals surface area contributed by atoms with Crippen molar-refractivity contribution in [1.29, 1.82) is 0 Å². The van der Waals surface area contributed by atoms with Crippen LogP contribution in [0.5, 0.6) is 0 Å². The molecule has 0 bridgehead atoms. The van der Waals surface area contributed by atoms with Crippen LogP contribution < -0.4 is 0 Å². The average molecular weight is 243 g/mol. The molecule has 18 heavy (non-hydrogen) atoms. The van der Waals surface area contributed by atoms with Crippen molar-refractivity contribution in [2.75, 3.05) is 14.1 Å². The summed E-state index contributed by atoms with van der Waals surface area (Å²) < 4.78 is 0. The topological polar surface area (TPSA) is 20.3 Å². The largest absolute Gasteiger partial charge is 0.345 e. The molecular weight excluding hydrogens is 222 g/mol. The van der Waals surface area contributed by atoms with E-state index in [1.54, 1.807) is 4.90 Å². The number of carbonyl (C=O) groups is 1. The standard InChI is InChI=1S/C16H21NO/c1-17(2)16(18)15(13-9-5-3-6-10-13)14-11-7-4-8-12-14/h3,5-6,9-10H,4,7-8,11-12H2,1-2H3. The summed E-state index contributed by atoms with van der Waals surface area (Å²) in [6.45, 7) is 0. The van der Waals surface area contributed by atoms with Gasteiger partial charge in [-0.3, -0.25) is 4.79 Å². The third-order valence-corrected chi connectivity index (χ3v) is 3.49. The molecule has 0 aromatic heterocycles. The Balaban J connectivity index is 2.43. The molecule has 96 valence electrons. The normalized spacial score (nSPS) is 15.3. The first-order valence-corrected chi connectivity index (χ1v) is 6.69. The van der Waals surface area contributed by atoms with Crippen LogP contribution in [0, 0.1) is 0 Å². The van der Waals surface area contributed by atoms with Crippen LogP contribution in [0.15, 0.2) is 35.9 Å². The molecular formula is C16H21NO. The summed E-state index contributed by atoms with van der Waals surface area (Å²) in [5.41, 5.74) is 3.33. The Kier molecular flexibility index (Phi) is 4.19. The van der Waals surface area contributed by atoms with Gasteiger partial charge in [0.25, 0.3) is 5.91 Å². The number of allylic oxidation sites excluding steroid dienone is 1. The van der Waals surface area contributed by atoms with E-state index in [1.807, 2.05) is 44.4 Å². The number of carbonyl (C=O) groups excluding carboxylic acids is 1. The molecule has 0 aliphatic heterocycles. The summed E-state index contributed by atoms with van der Waals surface area (Å²) in [7, 11) is 3.66. The van der Waals surface area contributed by atoms with Crippen molar-refractivity contribution in [3.05, 3.63) is 41.5 Å². The number of nitrogens with zero attached hydrogens (tertiary/aromatic N) is 1. The van der Waals surface area contributed by atoms with Crippen molar-refractivity contribution in [1.82, 2.24) is 4.90 Å². The quantitative estimate of drug-likeness (QED) is 0.728. The molecule has 0 atom stereocenters. The molecule has 1 amide bonds. The Morgan fingerprint density at radius 2 is 1.61 bits per heavy atom. The molecule has 0 heterocycles. The van der Waals surface area contributed by atoms with E-state index in [2.05, 4.69) is 0 Å². The predicted molar refractivity (Wildman–Crippen MR) is 75.1 cm³/mol. The van der Waals surface area contributed by atoms with Gasteiger partial charge < -0.3 is 4.90 Å². The molecule has 0 N–H and O–H groups in total. The summed E-state index contributed by atoms with van der Waals surface area (Å²) in [6, 6.07) is 10.1. The second-order valence-corrected chi connectivity index (χ2v) is 5.10. The van der Waals surface area contributed by atoms with Crippen LogP contribution >= 0.6 is 0 Å². The first-order chi connectivity index (χ1) is 8.70. The molecule has 0 saturated heterocycles. The lowest BCUT2D eigenvalue weighted by molar-refractivity contribution is -0.122. The second-order valence-electron chi connectivity index (χ2n) is 5.10. The number of hydrogen-bond donors (Lipinski definition) is 0. The van der Waals surface area contributed by atoms with Gasteiger partial charge in [0, 0.05) is 19.7 Å². The highest BCUT2D eigenvalue weighted by molar-refractivity contribution is 6.20. The first-order valence-electron chi connectivity index (χ1n) is 6.69. The fourth-order valence-corrected chi connectivity index (χ4v) is 2.54. The fourth-order valence-electron chi connectivity index (χ4n) is 2.54. The summed E-state index contributed by atoms with van der Waals surface area (Å²) in [5, 5.41) is 0. The lowest BCUT2D eigenvalue weighted by Crippen LogP contribution is -2.24. The highest BCUT2D eigenvalue weighted by Gasteiger charge is 2.20. The summed E-state index contributed by atoms with van der Waals surface area (Å²) >= 11 is 0. The van der Waals surface area contributed by atoms with Gasteiger partial charge in [0.2, 0.25) is 0 Å². The number of likely N-dealkylation sites (N-methyl/N-ethyl adjacent to an activating group) is 1. The molecule has 0 unspecified atom stereocenters. The number of hydrogen-bond acceptors (Lipinski definition) is 1. The van der Waals surface area contributed by atoms with Gasteiger partial charge in [-0.2, -0.15) is 0 Å². The second kappa shape index (κ2) is 5.85. The minimum absolute atomic E-state index is 0.137. The fraction of sp³-hybridized carbons (Fsp3) is 0.438. The summed E-state index contributed by atoms with van der Waals surface area (Å²) in [6.07, 6.45) is 5.87. The van der Waals surface area contributed by atoms with Gasteiger partial charge in [0.05, 0.1) is 0 Å². The van der Waals surface area contributed by atoms with Crippen molar-refractivity contribution in [3.63, 3.8) is 0 Å². The van der Waals surface area contributed by atoms with E-state index in [1.165, 1.54) is 24.8 Å². The van der Waals surface area contributed by atoms with Crippen molar-refractivity contribution < 1.29 is 4.79 Å². The molecule has 2 nitrogen and oxygen atoms in total. The van der Waals surface area contributed by atoms with Crippen LogP contribution in [0.25, 0.3) is 5.57 Å². The highest BCUT2D eigenvalue weighted by atomic mass is 16.2. The molecule has 0 radical (unpaired) electrons. The molecule has 1 aromatic carbocycles. The highest BCUT2D eigenvalue weighted by Crippen LogP contribution is 2.31. The van der Waals surface area contributed by atoms with E-state index < -0.39 is 0 Å². The van der Waals surface area contributed by atoms with Gasteiger partial charge in [0.1, 0.15) is 0 Å². The average Bonchev–Trinajstić information content (AvgIpc) is 2.41. The van der Waals surface area contributed by atoms with Crippen LogP contribution in [-0.4, -0.2) is 24.9 Å². The van der Waals surface area contributed by atoms with E-state index >= 15 is 0 Å². The maximum atomic E-state index is 12.4. The third kappa shape index (κ3) is 2.81. The van der Waals surface area contributed by atoms with Crippen LogP contribution in [0.3, 0.4) is 0 Å². The summed E-state index contributed by atoms with van der Waals surface area (Å²) in [4.78, 5) is 14.1. The Morgan fingerprint density at radius 1 is 1.00 bits per heavy atom. The van der Waals surface area contributed by atoms with Crippen molar-refractivity contribution in [3.8, 4) is 0 Å². The maximum absolute atomic E-state index is 12.4. The zero-order valence-electron chi connectivity index (χ0n) is 11.3. The monoisotopic (exact) mass is 243 g/mol. The van der Waals surface area contributed by atoms with Crippen molar-refractivity contribution in [2.24, 2.45) is 0 Å². The lowest BCUT2D eigenvalue weighted by Gasteiger charge is -2.21. The zero-order valence-corrected chi connectivity index (χ0v) is 11.3. The van der Waals surface area contributed by atoms with E-state index in [0.29, 0.717) is 0 Å². The van der Waals surface area contributed by atoms with Gasteiger partial charge in [-0.15, -0.1) is 0 Å². The first kappa shape index (κ1) is 12.9. The van der Waals surface area contributed by atoms with E-state index in [0.717, 1.165) is 24.0 Å². The van der Waals surface area contributed by atoms with E-state index in [9.17, 15) is 4.79 Å². The van der Waals surface area contributed by atoms with Gasteiger partial charge in [-0.1, -0.05) is 42.3 Å². The molecule has 1 aromatic rings. The molecule has 0 spiro atoms. The van der Waals surface area contributed by atoms with Gasteiger partial charge in [0.15, 0.2) is 0 Å². The predicted octanol–water partition coefficient (Wildman–Crippen LogP) is 3.49. The minimum atomic E-state index is 0.137. The van der Waals surface area contributed by atoms with Crippen LogP contribution in [0.1, 0.15) is 37.7 Å². The number of amides is 1. The van der Waals surface area contributed by atoms with Gasteiger partial charge in [-0.25, -0.2) is 0 Å². The van der Waals surface area contributed by atoms with Crippen LogP contribution in [0.4, 0.5) is 0 Å². The van der Waals surface area contributed by atoms with Crippen molar-refractivity contribution in [2.45, 2.75) is 32.1 Å². The maximum Gasteiger partial charge on any atom is 0.253 e. The van der Waals surface area contributed by atoms with E-state index in [-0.39, 0.29) is 5.91 Å². The Morgan fingerprint density at radius 3 is 2.17 bits per heavy atom. The number of benzene rings is 1. The number of rotatable bonds is 2. The van der Waals surface area contributed by atoms with E-state index in [4.69, 9.17) is 0 Å². The SMILES string of the molecule is CN(C)C(=O)C(=C1CCCCC1)c1ccccc1. The van der Waals surface area contributed by atoms with Gasteiger partial charge in [-0.05, 0) is 31.2 Å². The molecule has 2 heteroatoms. The molecule has 1 aliphatic rings. The van der Waals surface area contributed by atoms with Crippen LogP contribution in [0.2, 0.25) is 0 Å². The lowest BCUT2D eigenvalue weighted by atomic mass is 9.87. The minimum Gasteiger partial charge on any atom is -0.345 e. The summed E-state index contributed by atoms with van der Waals surface area (Å²) in [5.74, 6) is 0.137. The Labute approximate surface area is 109 Å². The third-order valence-electron chi connectivity index (χ3n) is 3.49. The van der Waals surface area contributed by atoms with Crippen LogP contribution in [-0.2, 0) is 4.79 Å².